The van der Waals surface area contributed by atoms with Crippen molar-refractivity contribution >= 4 is 10.9 Å². The standard InChI is InChI=1S/C23H27N3O2/c1-2-21-24-20-12-6-8-18(9-7-13-25-14-16-28-17-15-25)22(20)23(27)26(21)19-10-4-3-5-11-19/h3-6,8,10-12H,2,7,9,13-17H2,1H3. The van der Waals surface area contributed by atoms with Gasteiger partial charge in [-0.1, -0.05) is 37.3 Å². The normalized spacial score (nSPS) is 15.2. The molecule has 4 rings (SSSR count). The van der Waals surface area contributed by atoms with E-state index in [9.17, 15) is 4.79 Å². The van der Waals surface area contributed by atoms with Crippen LogP contribution in [0.2, 0.25) is 0 Å². The second kappa shape index (κ2) is 8.67. The van der Waals surface area contributed by atoms with Gasteiger partial charge in [0.05, 0.1) is 29.8 Å². The maximum Gasteiger partial charge on any atom is 0.266 e. The molecule has 1 saturated heterocycles. The zero-order valence-electron chi connectivity index (χ0n) is 16.4. The molecule has 0 bridgehead atoms. The van der Waals surface area contributed by atoms with Crippen molar-refractivity contribution in [3.63, 3.8) is 0 Å². The second-order valence-electron chi connectivity index (χ2n) is 7.23. The average Bonchev–Trinajstić information content (AvgIpc) is 2.75. The van der Waals surface area contributed by atoms with Gasteiger partial charge in [-0.2, -0.15) is 0 Å². The highest BCUT2D eigenvalue weighted by atomic mass is 16.5. The van der Waals surface area contributed by atoms with Gasteiger partial charge in [-0.05, 0) is 43.1 Å². The lowest BCUT2D eigenvalue weighted by molar-refractivity contribution is 0.0375. The van der Waals surface area contributed by atoms with E-state index in [0.29, 0.717) is 6.42 Å². The predicted octanol–water partition coefficient (Wildman–Crippen LogP) is 3.21. The molecule has 1 aliphatic rings. The SMILES string of the molecule is CCc1nc2cccc(CCCN3CCOCC3)c2c(=O)n1-c1ccccc1. The fraction of sp³-hybridized carbons (Fsp3) is 0.391. The Bertz CT molecular complexity index is 992. The van der Waals surface area contributed by atoms with Gasteiger partial charge in [0.2, 0.25) is 0 Å². The van der Waals surface area contributed by atoms with Gasteiger partial charge < -0.3 is 4.74 Å². The maximum absolute atomic E-state index is 13.5. The van der Waals surface area contributed by atoms with Gasteiger partial charge in [-0.3, -0.25) is 14.3 Å². The Morgan fingerprint density at radius 3 is 2.57 bits per heavy atom. The average molecular weight is 377 g/mol. The van der Waals surface area contributed by atoms with Crippen LogP contribution in [-0.4, -0.2) is 47.3 Å². The number of hydrogen-bond acceptors (Lipinski definition) is 4. The minimum absolute atomic E-state index is 0.0371. The maximum atomic E-state index is 13.5. The molecule has 5 heteroatoms. The first-order valence-corrected chi connectivity index (χ1v) is 10.2. The first-order valence-electron chi connectivity index (χ1n) is 10.2. The summed E-state index contributed by atoms with van der Waals surface area (Å²) < 4.78 is 7.19. The molecule has 2 aromatic carbocycles. The van der Waals surface area contributed by atoms with Crippen LogP contribution in [0.1, 0.15) is 24.7 Å². The van der Waals surface area contributed by atoms with E-state index in [4.69, 9.17) is 9.72 Å². The highest BCUT2D eigenvalue weighted by molar-refractivity contribution is 5.81. The molecule has 1 aliphatic heterocycles. The number of morpholine rings is 1. The number of benzene rings is 2. The Morgan fingerprint density at radius 2 is 1.82 bits per heavy atom. The van der Waals surface area contributed by atoms with E-state index in [1.54, 1.807) is 4.57 Å². The summed E-state index contributed by atoms with van der Waals surface area (Å²) in [6.45, 7) is 6.71. The molecule has 0 unspecified atom stereocenters. The van der Waals surface area contributed by atoms with Crippen molar-refractivity contribution in [1.29, 1.82) is 0 Å². The van der Waals surface area contributed by atoms with Crippen LogP contribution in [-0.2, 0) is 17.6 Å². The van der Waals surface area contributed by atoms with Crippen LogP contribution in [0.15, 0.2) is 53.3 Å². The van der Waals surface area contributed by atoms with Crippen molar-refractivity contribution in [2.45, 2.75) is 26.2 Å². The molecule has 3 aromatic rings. The van der Waals surface area contributed by atoms with Crippen molar-refractivity contribution in [2.24, 2.45) is 0 Å². The van der Waals surface area contributed by atoms with E-state index < -0.39 is 0 Å². The smallest absolute Gasteiger partial charge is 0.266 e. The van der Waals surface area contributed by atoms with E-state index in [1.165, 1.54) is 0 Å². The predicted molar refractivity (Wildman–Crippen MR) is 112 cm³/mol. The molecule has 5 nitrogen and oxygen atoms in total. The Kier molecular flexibility index (Phi) is 5.84. The third-order valence-electron chi connectivity index (χ3n) is 5.41. The summed E-state index contributed by atoms with van der Waals surface area (Å²) in [5.41, 5.74) is 2.81. The minimum atomic E-state index is 0.0371. The van der Waals surface area contributed by atoms with Crippen molar-refractivity contribution in [3.05, 3.63) is 70.3 Å². The zero-order chi connectivity index (χ0) is 19.3. The Morgan fingerprint density at radius 1 is 1.04 bits per heavy atom. The number of ether oxygens (including phenoxy) is 1. The van der Waals surface area contributed by atoms with E-state index in [-0.39, 0.29) is 5.56 Å². The second-order valence-corrected chi connectivity index (χ2v) is 7.23. The van der Waals surface area contributed by atoms with Crippen LogP contribution in [0, 0.1) is 0 Å². The minimum Gasteiger partial charge on any atom is -0.379 e. The lowest BCUT2D eigenvalue weighted by atomic mass is 10.0. The van der Waals surface area contributed by atoms with Gasteiger partial charge in [-0.25, -0.2) is 4.98 Å². The van der Waals surface area contributed by atoms with Crippen LogP contribution < -0.4 is 5.56 Å². The molecule has 0 radical (unpaired) electrons. The quantitative estimate of drug-likeness (QED) is 0.662. The monoisotopic (exact) mass is 377 g/mol. The first-order chi connectivity index (χ1) is 13.8. The molecule has 0 amide bonds. The number of para-hydroxylation sites is 1. The summed E-state index contributed by atoms with van der Waals surface area (Å²) in [6, 6.07) is 15.9. The van der Waals surface area contributed by atoms with Crippen molar-refractivity contribution in [2.75, 3.05) is 32.8 Å². The van der Waals surface area contributed by atoms with Gasteiger partial charge in [0.1, 0.15) is 5.82 Å². The number of aromatic nitrogens is 2. The Balaban J connectivity index is 1.69. The Hall–Kier alpha value is -2.50. The van der Waals surface area contributed by atoms with E-state index in [0.717, 1.165) is 73.7 Å². The molecule has 28 heavy (non-hydrogen) atoms. The molecule has 146 valence electrons. The van der Waals surface area contributed by atoms with Crippen molar-refractivity contribution in [1.82, 2.24) is 14.5 Å². The molecule has 0 N–H and O–H groups in total. The highest BCUT2D eigenvalue weighted by Gasteiger charge is 2.15. The summed E-state index contributed by atoms with van der Waals surface area (Å²) in [5, 5.41) is 0.755. The van der Waals surface area contributed by atoms with Crippen LogP contribution in [0.3, 0.4) is 0 Å². The van der Waals surface area contributed by atoms with Gasteiger partial charge in [0.25, 0.3) is 5.56 Å². The molecule has 0 atom stereocenters. The molecule has 1 aromatic heterocycles. The molecular formula is C23H27N3O2. The lowest BCUT2D eigenvalue weighted by Crippen LogP contribution is -2.37. The number of nitrogens with zero attached hydrogens (tertiary/aromatic N) is 3. The molecule has 2 heterocycles. The van der Waals surface area contributed by atoms with Gasteiger partial charge in [0.15, 0.2) is 0 Å². The topological polar surface area (TPSA) is 47.4 Å². The van der Waals surface area contributed by atoms with Crippen LogP contribution in [0.25, 0.3) is 16.6 Å². The first kappa shape index (κ1) is 18.8. The number of fused-ring (bicyclic) bond motifs is 1. The summed E-state index contributed by atoms with van der Waals surface area (Å²) in [5.74, 6) is 0.800. The third kappa shape index (κ3) is 3.86. The molecular weight excluding hydrogens is 350 g/mol. The zero-order valence-corrected chi connectivity index (χ0v) is 16.4. The Labute approximate surface area is 165 Å². The molecule has 0 aliphatic carbocycles. The molecule has 0 spiro atoms. The summed E-state index contributed by atoms with van der Waals surface area (Å²) in [7, 11) is 0. The van der Waals surface area contributed by atoms with Gasteiger partial charge >= 0.3 is 0 Å². The lowest BCUT2D eigenvalue weighted by Gasteiger charge is -2.26. The van der Waals surface area contributed by atoms with E-state index in [1.807, 2.05) is 49.4 Å². The summed E-state index contributed by atoms with van der Waals surface area (Å²) in [6.07, 6.45) is 2.62. The van der Waals surface area contributed by atoms with Crippen molar-refractivity contribution < 1.29 is 4.74 Å². The molecule has 0 saturated carbocycles. The number of aryl methyl sites for hydroxylation is 2. The van der Waals surface area contributed by atoms with Crippen LogP contribution in [0.4, 0.5) is 0 Å². The number of rotatable bonds is 6. The van der Waals surface area contributed by atoms with E-state index >= 15 is 0 Å². The number of hydrogen-bond donors (Lipinski definition) is 0. The molecule has 1 fully saturated rings. The van der Waals surface area contributed by atoms with Crippen molar-refractivity contribution in [3.8, 4) is 5.69 Å². The summed E-state index contributed by atoms with van der Waals surface area (Å²) >= 11 is 0. The summed E-state index contributed by atoms with van der Waals surface area (Å²) in [4.78, 5) is 20.8. The largest absolute Gasteiger partial charge is 0.379 e. The third-order valence-corrected chi connectivity index (χ3v) is 5.41. The van der Waals surface area contributed by atoms with Gasteiger partial charge in [0, 0.05) is 19.5 Å². The van der Waals surface area contributed by atoms with Gasteiger partial charge in [-0.15, -0.1) is 0 Å². The van der Waals surface area contributed by atoms with E-state index in [2.05, 4.69) is 11.0 Å². The fourth-order valence-corrected chi connectivity index (χ4v) is 3.95. The van der Waals surface area contributed by atoms with Crippen LogP contribution in [0.5, 0.6) is 0 Å². The fourth-order valence-electron chi connectivity index (χ4n) is 3.95. The highest BCUT2D eigenvalue weighted by Crippen LogP contribution is 2.18. The van der Waals surface area contributed by atoms with Crippen LogP contribution >= 0.6 is 0 Å².